The lowest BCUT2D eigenvalue weighted by atomic mass is 10.1. The van der Waals surface area contributed by atoms with Crippen LogP contribution in [0.1, 0.15) is 19.4 Å². The average Bonchev–Trinajstić information content (AvgIpc) is 2.20. The standard InChI is InChI=1S/C12H19BrN2/c1-9-7-10(5-6-11(9)13)15-8-12(2,3)14-4/h5-7,14-15H,8H2,1-4H3. The third kappa shape index (κ3) is 3.84. The van der Waals surface area contributed by atoms with Crippen molar-refractivity contribution in [2.75, 3.05) is 18.9 Å². The predicted octanol–water partition coefficient (Wildman–Crippen LogP) is 3.17. The van der Waals surface area contributed by atoms with Gasteiger partial charge < -0.3 is 10.6 Å². The molecule has 0 saturated heterocycles. The molecule has 3 heteroatoms. The van der Waals surface area contributed by atoms with E-state index in [-0.39, 0.29) is 5.54 Å². The Balaban J connectivity index is 2.62. The Labute approximate surface area is 101 Å². The molecular weight excluding hydrogens is 252 g/mol. The van der Waals surface area contributed by atoms with E-state index in [0.29, 0.717) is 0 Å². The lowest BCUT2D eigenvalue weighted by molar-refractivity contribution is 0.448. The molecule has 0 spiro atoms. The summed E-state index contributed by atoms with van der Waals surface area (Å²) in [4.78, 5) is 0. The molecule has 0 bridgehead atoms. The van der Waals surface area contributed by atoms with Crippen molar-refractivity contribution in [3.63, 3.8) is 0 Å². The van der Waals surface area contributed by atoms with Crippen LogP contribution in [0.4, 0.5) is 5.69 Å². The Kier molecular flexibility index (Phi) is 4.17. The quantitative estimate of drug-likeness (QED) is 0.879. The maximum atomic E-state index is 3.49. The normalized spacial score (nSPS) is 11.5. The number of hydrogen-bond acceptors (Lipinski definition) is 2. The van der Waals surface area contributed by atoms with Crippen molar-refractivity contribution >= 4 is 21.6 Å². The minimum atomic E-state index is 0.112. The van der Waals surface area contributed by atoms with Gasteiger partial charge >= 0.3 is 0 Å². The van der Waals surface area contributed by atoms with Gasteiger partial charge in [-0.1, -0.05) is 15.9 Å². The molecule has 0 radical (unpaired) electrons. The Morgan fingerprint density at radius 3 is 2.53 bits per heavy atom. The Hall–Kier alpha value is -0.540. The molecule has 0 aliphatic heterocycles. The first-order valence-corrected chi connectivity index (χ1v) is 5.93. The van der Waals surface area contributed by atoms with E-state index < -0.39 is 0 Å². The molecule has 0 fully saturated rings. The van der Waals surface area contributed by atoms with Crippen LogP contribution in [0.3, 0.4) is 0 Å². The van der Waals surface area contributed by atoms with Crippen molar-refractivity contribution in [3.05, 3.63) is 28.2 Å². The van der Waals surface area contributed by atoms with Gasteiger partial charge in [-0.15, -0.1) is 0 Å². The maximum absolute atomic E-state index is 3.49. The molecule has 1 rings (SSSR count). The fourth-order valence-electron chi connectivity index (χ4n) is 1.17. The predicted molar refractivity (Wildman–Crippen MR) is 70.5 cm³/mol. The summed E-state index contributed by atoms with van der Waals surface area (Å²) in [5, 5.41) is 6.69. The van der Waals surface area contributed by atoms with E-state index in [0.717, 1.165) is 11.0 Å². The van der Waals surface area contributed by atoms with Gasteiger partial charge in [-0.25, -0.2) is 0 Å². The smallest absolute Gasteiger partial charge is 0.0344 e. The first-order chi connectivity index (χ1) is 6.94. The molecule has 2 nitrogen and oxygen atoms in total. The summed E-state index contributed by atoms with van der Waals surface area (Å²) in [5.41, 5.74) is 2.53. The fraction of sp³-hybridized carbons (Fsp3) is 0.500. The number of nitrogens with one attached hydrogen (secondary N) is 2. The third-order valence-corrected chi connectivity index (χ3v) is 3.46. The van der Waals surface area contributed by atoms with Gasteiger partial charge in [-0.05, 0) is 51.6 Å². The molecule has 0 aliphatic carbocycles. The zero-order chi connectivity index (χ0) is 11.5. The minimum Gasteiger partial charge on any atom is -0.383 e. The number of hydrogen-bond donors (Lipinski definition) is 2. The molecule has 0 atom stereocenters. The van der Waals surface area contributed by atoms with Crippen LogP contribution in [0.5, 0.6) is 0 Å². The van der Waals surface area contributed by atoms with Crippen LogP contribution in [-0.2, 0) is 0 Å². The van der Waals surface area contributed by atoms with Gasteiger partial charge in [0.2, 0.25) is 0 Å². The third-order valence-electron chi connectivity index (χ3n) is 2.57. The van der Waals surface area contributed by atoms with Gasteiger partial charge in [-0.2, -0.15) is 0 Å². The molecule has 0 unspecified atom stereocenters. The highest BCUT2D eigenvalue weighted by molar-refractivity contribution is 9.10. The molecule has 0 aliphatic rings. The molecule has 0 aromatic heterocycles. The number of halogens is 1. The largest absolute Gasteiger partial charge is 0.383 e. The van der Waals surface area contributed by atoms with Crippen LogP contribution in [0, 0.1) is 6.92 Å². The highest BCUT2D eigenvalue weighted by atomic mass is 79.9. The lowest BCUT2D eigenvalue weighted by Gasteiger charge is -2.25. The topological polar surface area (TPSA) is 24.1 Å². The summed E-state index contributed by atoms with van der Waals surface area (Å²) >= 11 is 3.49. The molecule has 0 heterocycles. The monoisotopic (exact) mass is 270 g/mol. The van der Waals surface area contributed by atoms with E-state index in [9.17, 15) is 0 Å². The van der Waals surface area contributed by atoms with Crippen molar-refractivity contribution in [3.8, 4) is 0 Å². The summed E-state index contributed by atoms with van der Waals surface area (Å²) in [6.07, 6.45) is 0. The summed E-state index contributed by atoms with van der Waals surface area (Å²) in [6, 6.07) is 6.31. The van der Waals surface area contributed by atoms with Crippen LogP contribution in [0.15, 0.2) is 22.7 Å². The second-order valence-corrected chi connectivity index (χ2v) is 5.31. The average molecular weight is 271 g/mol. The van der Waals surface area contributed by atoms with E-state index >= 15 is 0 Å². The molecule has 1 aromatic carbocycles. The maximum Gasteiger partial charge on any atom is 0.0344 e. The molecule has 15 heavy (non-hydrogen) atoms. The van der Waals surface area contributed by atoms with E-state index in [1.165, 1.54) is 11.3 Å². The molecule has 2 N–H and O–H groups in total. The zero-order valence-electron chi connectivity index (χ0n) is 9.82. The van der Waals surface area contributed by atoms with E-state index in [2.05, 4.69) is 65.5 Å². The number of rotatable bonds is 4. The Bertz CT molecular complexity index is 334. The Morgan fingerprint density at radius 1 is 1.33 bits per heavy atom. The number of benzene rings is 1. The van der Waals surface area contributed by atoms with Gasteiger partial charge in [0.05, 0.1) is 0 Å². The fourth-order valence-corrected chi connectivity index (χ4v) is 1.41. The van der Waals surface area contributed by atoms with Gasteiger partial charge in [0.1, 0.15) is 0 Å². The first kappa shape index (κ1) is 12.5. The highest BCUT2D eigenvalue weighted by Crippen LogP contribution is 2.20. The van der Waals surface area contributed by atoms with Crippen LogP contribution in [0.2, 0.25) is 0 Å². The van der Waals surface area contributed by atoms with Gasteiger partial charge in [0.15, 0.2) is 0 Å². The molecule has 0 amide bonds. The minimum absolute atomic E-state index is 0.112. The summed E-state index contributed by atoms with van der Waals surface area (Å²) in [6.45, 7) is 7.35. The van der Waals surface area contributed by atoms with Crippen LogP contribution in [-0.4, -0.2) is 19.1 Å². The zero-order valence-corrected chi connectivity index (χ0v) is 11.4. The van der Waals surface area contributed by atoms with E-state index in [4.69, 9.17) is 0 Å². The van der Waals surface area contributed by atoms with Gasteiger partial charge in [-0.3, -0.25) is 0 Å². The second-order valence-electron chi connectivity index (χ2n) is 4.45. The highest BCUT2D eigenvalue weighted by Gasteiger charge is 2.13. The molecule has 0 saturated carbocycles. The van der Waals surface area contributed by atoms with Crippen molar-refractivity contribution in [2.24, 2.45) is 0 Å². The molecule has 1 aromatic rings. The lowest BCUT2D eigenvalue weighted by Crippen LogP contribution is -2.42. The van der Waals surface area contributed by atoms with Crippen molar-refractivity contribution < 1.29 is 0 Å². The van der Waals surface area contributed by atoms with Crippen LogP contribution in [0.25, 0.3) is 0 Å². The molecule has 84 valence electrons. The van der Waals surface area contributed by atoms with Crippen LogP contribution < -0.4 is 10.6 Å². The number of anilines is 1. The SMILES string of the molecule is CNC(C)(C)CNc1ccc(Br)c(C)c1. The second kappa shape index (κ2) is 4.99. The van der Waals surface area contributed by atoms with Crippen molar-refractivity contribution in [1.29, 1.82) is 0 Å². The first-order valence-electron chi connectivity index (χ1n) is 5.13. The number of likely N-dealkylation sites (N-methyl/N-ethyl adjacent to an activating group) is 1. The van der Waals surface area contributed by atoms with E-state index in [1.807, 2.05) is 7.05 Å². The Morgan fingerprint density at radius 2 is 2.00 bits per heavy atom. The summed E-state index contributed by atoms with van der Waals surface area (Å²) in [5.74, 6) is 0. The van der Waals surface area contributed by atoms with Gasteiger partial charge in [0, 0.05) is 22.2 Å². The van der Waals surface area contributed by atoms with Crippen LogP contribution >= 0.6 is 15.9 Å². The molecular formula is C12H19BrN2. The summed E-state index contributed by atoms with van der Waals surface area (Å²) in [7, 11) is 1.98. The summed E-state index contributed by atoms with van der Waals surface area (Å²) < 4.78 is 1.15. The van der Waals surface area contributed by atoms with Crippen molar-refractivity contribution in [1.82, 2.24) is 5.32 Å². The van der Waals surface area contributed by atoms with E-state index in [1.54, 1.807) is 0 Å². The van der Waals surface area contributed by atoms with Crippen molar-refractivity contribution in [2.45, 2.75) is 26.3 Å². The van der Waals surface area contributed by atoms with Gasteiger partial charge in [0.25, 0.3) is 0 Å². The number of aryl methyl sites for hydroxylation is 1.